The summed E-state index contributed by atoms with van der Waals surface area (Å²) in [5.74, 6) is -5.04. The fourth-order valence-corrected chi connectivity index (χ4v) is 5.85. The lowest BCUT2D eigenvalue weighted by Gasteiger charge is -2.49. The largest absolute Gasteiger partial charge is 0.467 e. The SMILES string of the molecule is COC(=O)[C@@H](CCC(N)=O)NC(=O)[C@H](C)NC(=O)[C@@H](C)O[C@H]1[C@H](O)[C@@H](C(O)C(=O)CCCCNC(=O)OC(C)(C)C)OC(O)(SC(C)=O)[C@@H]1NC(C)=O. The molecule has 5 amide bonds. The minimum Gasteiger partial charge on any atom is -0.467 e. The first-order valence-electron chi connectivity index (χ1n) is 16.8. The third-order valence-corrected chi connectivity index (χ3v) is 8.40. The number of unbranched alkanes of at least 4 members (excludes halogenated alkanes) is 1. The number of nitrogens with two attached hydrogens (primary N) is 1. The quantitative estimate of drug-likeness (QED) is 0.0400. The van der Waals surface area contributed by atoms with Crippen LogP contribution in [0.4, 0.5) is 4.79 Å². The number of methoxy groups -OCH3 is 1. The Labute approximate surface area is 311 Å². The second-order valence-corrected chi connectivity index (χ2v) is 14.7. The van der Waals surface area contributed by atoms with E-state index in [0.717, 1.165) is 21.0 Å². The molecule has 53 heavy (non-hydrogen) atoms. The van der Waals surface area contributed by atoms with Crippen LogP contribution < -0.4 is 27.0 Å². The Morgan fingerprint density at radius 2 is 1.60 bits per heavy atom. The summed E-state index contributed by atoms with van der Waals surface area (Å²) in [7, 11) is 1.07. The number of aliphatic hydroxyl groups excluding tert-OH is 2. The summed E-state index contributed by atoms with van der Waals surface area (Å²) in [5, 5.41) is 40.0. The number of ether oxygens (including phenoxy) is 4. The van der Waals surface area contributed by atoms with Gasteiger partial charge in [0.05, 0.1) is 7.11 Å². The van der Waals surface area contributed by atoms with Crippen molar-refractivity contribution in [3.63, 3.8) is 0 Å². The van der Waals surface area contributed by atoms with Gasteiger partial charge in [0.15, 0.2) is 10.9 Å². The summed E-state index contributed by atoms with van der Waals surface area (Å²) in [6.07, 6.45) is -10.3. The van der Waals surface area contributed by atoms with Gasteiger partial charge in [0.1, 0.15) is 54.2 Å². The Hall–Kier alpha value is -3.89. The Kier molecular flexibility index (Phi) is 18.8. The summed E-state index contributed by atoms with van der Waals surface area (Å²) >= 11 is 0.157. The van der Waals surface area contributed by atoms with Crippen LogP contribution in [0.3, 0.4) is 0 Å². The van der Waals surface area contributed by atoms with E-state index in [1.165, 1.54) is 13.8 Å². The van der Waals surface area contributed by atoms with E-state index in [4.69, 9.17) is 19.9 Å². The van der Waals surface area contributed by atoms with E-state index in [2.05, 4.69) is 26.0 Å². The molecule has 302 valence electrons. The molecule has 20 nitrogen and oxygen atoms in total. The minimum atomic E-state index is -2.73. The molecule has 9 atom stereocenters. The maximum absolute atomic E-state index is 13.2. The highest BCUT2D eigenvalue weighted by Crippen LogP contribution is 2.40. The lowest BCUT2D eigenvalue weighted by atomic mass is 9.90. The standard InChI is InChI=1S/C32H53N5O15S/c1-15(27(44)37-19(29(46)49-8)12-13-21(33)41)35-28(45)16(2)50-25-23(43)24(51-32(48,53-18(4)39)26(25)36-17(3)38)22(42)20(40)11-9-10-14-34-30(47)52-31(5,6)7/h15-16,19,22-26,42-43,48H,9-14H2,1-8H3,(H2,33,41)(H,34,47)(H,35,45)(H,36,38)(H,37,44)/t15-,16+,19+,22?,23+,24+,25-,26+,32?/m0/s1. The topological polar surface area (TPSA) is 308 Å². The van der Waals surface area contributed by atoms with E-state index in [1.54, 1.807) is 20.8 Å². The van der Waals surface area contributed by atoms with E-state index < -0.39 is 106 Å². The van der Waals surface area contributed by atoms with Crippen molar-refractivity contribution in [3.8, 4) is 0 Å². The fourth-order valence-electron chi connectivity index (χ4n) is 4.95. The molecular formula is C32H53N5O15S. The van der Waals surface area contributed by atoms with Gasteiger partial charge in [-0.1, -0.05) is 0 Å². The summed E-state index contributed by atoms with van der Waals surface area (Å²) in [6, 6.07) is -4.33. The number of nitrogens with one attached hydrogen (secondary N) is 4. The molecule has 0 spiro atoms. The predicted octanol–water partition coefficient (Wildman–Crippen LogP) is -2.00. The molecule has 1 saturated heterocycles. The van der Waals surface area contributed by atoms with Gasteiger partial charge >= 0.3 is 12.1 Å². The molecule has 0 radical (unpaired) electrons. The molecule has 0 aliphatic carbocycles. The number of primary amides is 1. The third-order valence-electron chi connectivity index (χ3n) is 7.47. The van der Waals surface area contributed by atoms with E-state index in [1.807, 2.05) is 0 Å². The second-order valence-electron chi connectivity index (χ2n) is 13.3. The molecule has 21 heteroatoms. The van der Waals surface area contributed by atoms with Crippen molar-refractivity contribution >= 4 is 58.4 Å². The number of rotatable bonds is 19. The normalized spacial score (nSPS) is 23.6. The molecule has 0 aromatic rings. The molecule has 0 aromatic carbocycles. The van der Waals surface area contributed by atoms with Crippen molar-refractivity contribution in [3.05, 3.63) is 0 Å². The fraction of sp³-hybridized carbons (Fsp3) is 0.750. The van der Waals surface area contributed by atoms with Crippen LogP contribution in [0.5, 0.6) is 0 Å². The zero-order valence-electron chi connectivity index (χ0n) is 31.1. The summed E-state index contributed by atoms with van der Waals surface area (Å²) < 4.78 is 21.1. The average Bonchev–Trinajstić information content (AvgIpc) is 3.03. The van der Waals surface area contributed by atoms with Crippen molar-refractivity contribution in [2.24, 2.45) is 5.73 Å². The highest BCUT2D eigenvalue weighted by Gasteiger charge is 2.59. The number of esters is 1. The molecule has 9 N–H and O–H groups in total. The minimum absolute atomic E-state index is 0.144. The number of carbonyl (C=O) groups is 8. The highest BCUT2D eigenvalue weighted by molar-refractivity contribution is 8.14. The van der Waals surface area contributed by atoms with Crippen molar-refractivity contribution in [2.45, 2.75) is 140 Å². The molecule has 2 unspecified atom stereocenters. The molecular weight excluding hydrogens is 726 g/mol. The maximum atomic E-state index is 13.2. The van der Waals surface area contributed by atoms with Crippen LogP contribution in [0.15, 0.2) is 0 Å². The first kappa shape index (κ1) is 47.1. The average molecular weight is 780 g/mol. The van der Waals surface area contributed by atoms with E-state index >= 15 is 0 Å². The van der Waals surface area contributed by atoms with Gasteiger partial charge in [-0.15, -0.1) is 0 Å². The molecule has 1 aliphatic rings. The number of carbonyl (C=O) groups excluding carboxylic acids is 8. The first-order chi connectivity index (χ1) is 24.4. The predicted molar refractivity (Wildman–Crippen MR) is 185 cm³/mol. The van der Waals surface area contributed by atoms with Crippen molar-refractivity contribution in [2.75, 3.05) is 13.7 Å². The number of alkyl carbamates (subject to hydrolysis) is 1. The third kappa shape index (κ3) is 15.9. The molecule has 1 aliphatic heterocycles. The van der Waals surface area contributed by atoms with Crippen molar-refractivity contribution in [1.29, 1.82) is 0 Å². The molecule has 0 bridgehead atoms. The Morgan fingerprint density at radius 1 is 0.981 bits per heavy atom. The lowest BCUT2D eigenvalue weighted by Crippen LogP contribution is -2.72. The van der Waals surface area contributed by atoms with Crippen LogP contribution in [0, 0.1) is 0 Å². The van der Waals surface area contributed by atoms with Crippen LogP contribution in [-0.2, 0) is 52.5 Å². The molecule has 1 fully saturated rings. The van der Waals surface area contributed by atoms with E-state index in [-0.39, 0.29) is 44.0 Å². The smallest absolute Gasteiger partial charge is 0.407 e. The Bertz CT molecular complexity index is 1340. The number of ketones is 1. The number of aliphatic hydroxyl groups is 3. The van der Waals surface area contributed by atoms with Gasteiger partial charge in [-0.2, -0.15) is 0 Å². The van der Waals surface area contributed by atoms with Gasteiger partial charge in [0.2, 0.25) is 28.7 Å². The van der Waals surface area contributed by atoms with Gasteiger partial charge in [0.25, 0.3) is 0 Å². The number of Topliss-reactive ketones (excluding diaryl/α,β-unsaturated/α-hetero) is 1. The van der Waals surface area contributed by atoms with Gasteiger partial charge in [-0.25, -0.2) is 9.59 Å². The van der Waals surface area contributed by atoms with Gasteiger partial charge in [0, 0.05) is 33.2 Å². The summed E-state index contributed by atoms with van der Waals surface area (Å²) in [4.78, 5) is 98.5. The lowest BCUT2D eigenvalue weighted by molar-refractivity contribution is -0.291. The zero-order chi connectivity index (χ0) is 40.8. The van der Waals surface area contributed by atoms with Gasteiger partial charge in [-0.3, -0.25) is 28.8 Å². The number of hydrogen-bond acceptors (Lipinski definition) is 16. The number of amides is 5. The zero-order valence-corrected chi connectivity index (χ0v) is 31.9. The number of thioether (sulfide) groups is 1. The first-order valence-corrected chi connectivity index (χ1v) is 17.6. The van der Waals surface area contributed by atoms with E-state index in [0.29, 0.717) is 6.42 Å². The van der Waals surface area contributed by atoms with Gasteiger partial charge in [-0.05, 0) is 65.6 Å². The van der Waals surface area contributed by atoms with E-state index in [9.17, 15) is 53.7 Å². The van der Waals surface area contributed by atoms with Crippen LogP contribution in [0.2, 0.25) is 0 Å². The van der Waals surface area contributed by atoms with Crippen LogP contribution in [-0.4, -0.2) is 135 Å². The molecule has 0 saturated carbocycles. The highest BCUT2D eigenvalue weighted by atomic mass is 32.2. The van der Waals surface area contributed by atoms with Crippen LogP contribution in [0.1, 0.15) is 80.6 Å². The number of hydrogen-bond donors (Lipinski definition) is 8. The summed E-state index contributed by atoms with van der Waals surface area (Å²) in [5.41, 5.74) is 4.41. The second kappa shape index (κ2) is 21.1. The van der Waals surface area contributed by atoms with Crippen molar-refractivity contribution < 1.29 is 72.6 Å². The monoisotopic (exact) mass is 779 g/mol. The Morgan fingerprint density at radius 3 is 2.13 bits per heavy atom. The van der Waals surface area contributed by atoms with Crippen LogP contribution in [0.25, 0.3) is 0 Å². The summed E-state index contributed by atoms with van der Waals surface area (Å²) in [6.45, 7) is 9.78. The van der Waals surface area contributed by atoms with Gasteiger partial charge < -0.3 is 61.3 Å². The van der Waals surface area contributed by atoms with Crippen molar-refractivity contribution in [1.82, 2.24) is 21.3 Å². The van der Waals surface area contributed by atoms with Crippen LogP contribution >= 0.6 is 11.8 Å². The Balaban J connectivity index is 3.17. The molecule has 0 aromatic heterocycles. The maximum Gasteiger partial charge on any atom is 0.407 e. The molecule has 1 heterocycles. The molecule has 1 rings (SSSR count).